The molecule has 0 unspecified atom stereocenters. The summed E-state index contributed by atoms with van der Waals surface area (Å²) in [5.41, 5.74) is 0.464. The van der Waals surface area contributed by atoms with Crippen LogP contribution in [0, 0.1) is 29.6 Å². The highest BCUT2D eigenvalue weighted by molar-refractivity contribution is 5.10. The Hall–Kier alpha value is -0.0800. The third-order valence-electron chi connectivity index (χ3n) is 8.66. The first-order valence-corrected chi connectivity index (χ1v) is 10.1. The molecule has 0 aromatic rings. The van der Waals surface area contributed by atoms with E-state index in [0.717, 1.165) is 23.7 Å². The van der Waals surface area contributed by atoms with Crippen LogP contribution in [0.4, 0.5) is 0 Å². The minimum Gasteiger partial charge on any atom is -0.346 e. The van der Waals surface area contributed by atoms with Gasteiger partial charge in [0.15, 0.2) is 6.29 Å². The molecule has 4 bridgehead atoms. The number of fused-ring (bicyclic) bond motifs is 1. The van der Waals surface area contributed by atoms with Gasteiger partial charge in [0, 0.05) is 5.92 Å². The fourth-order valence-corrected chi connectivity index (χ4v) is 7.93. The number of hydrogen-bond donors (Lipinski definition) is 0. The van der Waals surface area contributed by atoms with Crippen LogP contribution in [0.3, 0.4) is 0 Å². The van der Waals surface area contributed by atoms with Gasteiger partial charge < -0.3 is 9.47 Å². The molecule has 22 heavy (non-hydrogen) atoms. The Morgan fingerprint density at radius 3 is 2.09 bits per heavy atom. The molecule has 0 N–H and O–H groups in total. The summed E-state index contributed by atoms with van der Waals surface area (Å²) >= 11 is 0. The molecule has 7 rings (SSSR count). The van der Waals surface area contributed by atoms with E-state index in [1.165, 1.54) is 77.0 Å². The second-order valence-corrected chi connectivity index (χ2v) is 9.76. The van der Waals surface area contributed by atoms with Crippen LogP contribution in [-0.4, -0.2) is 17.5 Å². The van der Waals surface area contributed by atoms with Crippen LogP contribution in [0.15, 0.2) is 0 Å². The zero-order valence-electron chi connectivity index (χ0n) is 13.8. The predicted octanol–water partition coefficient (Wildman–Crippen LogP) is 4.67. The molecule has 0 amide bonds. The fourth-order valence-electron chi connectivity index (χ4n) is 7.93. The average molecular weight is 302 g/mol. The molecule has 5 saturated carbocycles. The molecule has 7 aliphatic rings. The van der Waals surface area contributed by atoms with Crippen LogP contribution in [0.1, 0.15) is 77.0 Å². The van der Waals surface area contributed by atoms with Crippen LogP contribution >= 0.6 is 0 Å². The van der Waals surface area contributed by atoms with E-state index in [0.29, 0.717) is 5.92 Å². The van der Waals surface area contributed by atoms with Crippen molar-refractivity contribution in [2.24, 2.45) is 29.6 Å². The smallest absolute Gasteiger partial charge is 0.161 e. The van der Waals surface area contributed by atoms with E-state index in [1.54, 1.807) is 0 Å². The second-order valence-electron chi connectivity index (χ2n) is 9.76. The van der Waals surface area contributed by atoms with Gasteiger partial charge in [0.25, 0.3) is 0 Å². The Morgan fingerprint density at radius 1 is 0.727 bits per heavy atom. The van der Waals surface area contributed by atoms with Crippen molar-refractivity contribution in [1.29, 1.82) is 0 Å². The Labute approximate surface area is 134 Å². The molecule has 0 aromatic carbocycles. The highest BCUT2D eigenvalue weighted by Crippen LogP contribution is 2.64. The molecule has 2 spiro atoms. The Bertz CT molecular complexity index is 450. The van der Waals surface area contributed by atoms with Crippen molar-refractivity contribution in [1.82, 2.24) is 0 Å². The summed E-state index contributed by atoms with van der Waals surface area (Å²) in [6.45, 7) is 0. The van der Waals surface area contributed by atoms with Crippen LogP contribution in [-0.2, 0) is 9.47 Å². The van der Waals surface area contributed by atoms with E-state index in [2.05, 4.69) is 0 Å². The molecule has 2 heteroatoms. The molecule has 2 heterocycles. The van der Waals surface area contributed by atoms with Crippen LogP contribution in [0.5, 0.6) is 0 Å². The lowest BCUT2D eigenvalue weighted by atomic mass is 9.48. The van der Waals surface area contributed by atoms with E-state index in [1.807, 2.05) is 0 Å². The topological polar surface area (TPSA) is 18.5 Å². The lowest BCUT2D eigenvalue weighted by Crippen LogP contribution is -2.62. The zero-order chi connectivity index (χ0) is 14.4. The molecule has 2 nitrogen and oxygen atoms in total. The van der Waals surface area contributed by atoms with Crippen molar-refractivity contribution in [3.63, 3.8) is 0 Å². The Balaban J connectivity index is 1.29. The maximum absolute atomic E-state index is 6.94. The summed E-state index contributed by atoms with van der Waals surface area (Å²) in [6, 6.07) is 0. The standard InChI is InChI=1S/C20H30O2/c1-2-5-19(4-1)12-15-3-6-20(22-18(15)21-19)16-8-13-7-14(10-16)11-17(20)9-13/h13-18H,1-12H2/t13?,14?,15-,16?,17?,18-,20?/m0/s1. The lowest BCUT2D eigenvalue weighted by Gasteiger charge is -2.63. The summed E-state index contributed by atoms with van der Waals surface area (Å²) in [4.78, 5) is 0. The third-order valence-corrected chi connectivity index (χ3v) is 8.66. The van der Waals surface area contributed by atoms with Gasteiger partial charge in [-0.3, -0.25) is 0 Å². The van der Waals surface area contributed by atoms with Crippen molar-refractivity contribution in [2.45, 2.75) is 94.5 Å². The van der Waals surface area contributed by atoms with E-state index in [9.17, 15) is 0 Å². The number of hydrogen-bond acceptors (Lipinski definition) is 2. The number of rotatable bonds is 0. The van der Waals surface area contributed by atoms with Crippen molar-refractivity contribution in [3.05, 3.63) is 0 Å². The molecule has 2 saturated heterocycles. The highest BCUT2D eigenvalue weighted by atomic mass is 16.7. The SMILES string of the molecule is C1CCC2(C1)C[C@@H]1CCC3(O[C@@H]1O2)C1CC2CC(C1)CC3C2. The molecule has 122 valence electrons. The summed E-state index contributed by atoms with van der Waals surface area (Å²) in [6.07, 6.45) is 16.9. The molecular weight excluding hydrogens is 272 g/mol. The Morgan fingerprint density at radius 2 is 1.41 bits per heavy atom. The van der Waals surface area contributed by atoms with Crippen LogP contribution in [0.25, 0.3) is 0 Å². The van der Waals surface area contributed by atoms with E-state index in [4.69, 9.17) is 9.47 Å². The van der Waals surface area contributed by atoms with Crippen molar-refractivity contribution in [2.75, 3.05) is 0 Å². The van der Waals surface area contributed by atoms with Crippen molar-refractivity contribution in [3.8, 4) is 0 Å². The summed E-state index contributed by atoms with van der Waals surface area (Å²) in [5.74, 6) is 4.53. The molecule has 7 fully saturated rings. The van der Waals surface area contributed by atoms with Gasteiger partial charge >= 0.3 is 0 Å². The van der Waals surface area contributed by atoms with Gasteiger partial charge in [-0.15, -0.1) is 0 Å². The minimum absolute atomic E-state index is 0.157. The maximum atomic E-state index is 6.94. The van der Waals surface area contributed by atoms with Gasteiger partial charge in [0.2, 0.25) is 0 Å². The zero-order valence-corrected chi connectivity index (χ0v) is 13.8. The van der Waals surface area contributed by atoms with Gasteiger partial charge in [0.05, 0.1) is 11.2 Å². The maximum Gasteiger partial charge on any atom is 0.161 e. The highest BCUT2D eigenvalue weighted by Gasteiger charge is 2.62. The van der Waals surface area contributed by atoms with Gasteiger partial charge in [-0.25, -0.2) is 0 Å². The number of ether oxygens (including phenoxy) is 2. The largest absolute Gasteiger partial charge is 0.346 e. The monoisotopic (exact) mass is 302 g/mol. The summed E-state index contributed by atoms with van der Waals surface area (Å²) in [5, 5.41) is 0. The predicted molar refractivity (Wildman–Crippen MR) is 84.3 cm³/mol. The van der Waals surface area contributed by atoms with Gasteiger partial charge in [-0.05, 0) is 87.9 Å². The van der Waals surface area contributed by atoms with Gasteiger partial charge in [-0.2, -0.15) is 0 Å². The van der Waals surface area contributed by atoms with E-state index >= 15 is 0 Å². The van der Waals surface area contributed by atoms with Crippen molar-refractivity contribution < 1.29 is 9.47 Å². The summed E-state index contributed by atoms with van der Waals surface area (Å²) < 4.78 is 13.6. The third kappa shape index (κ3) is 1.64. The molecule has 0 aromatic heterocycles. The molecule has 5 aliphatic carbocycles. The molecule has 2 atom stereocenters. The van der Waals surface area contributed by atoms with E-state index < -0.39 is 0 Å². The normalized spacial score (nSPS) is 57.8. The van der Waals surface area contributed by atoms with Crippen LogP contribution < -0.4 is 0 Å². The minimum atomic E-state index is 0.157. The quantitative estimate of drug-likeness (QED) is 0.647. The molecular formula is C20H30O2. The lowest BCUT2D eigenvalue weighted by molar-refractivity contribution is -0.312. The average Bonchev–Trinajstić information content (AvgIpc) is 3.10. The van der Waals surface area contributed by atoms with Gasteiger partial charge in [-0.1, -0.05) is 12.8 Å². The van der Waals surface area contributed by atoms with Crippen LogP contribution in [0.2, 0.25) is 0 Å². The second kappa shape index (κ2) is 4.30. The van der Waals surface area contributed by atoms with E-state index in [-0.39, 0.29) is 17.5 Å². The first-order chi connectivity index (χ1) is 10.7. The summed E-state index contributed by atoms with van der Waals surface area (Å²) in [7, 11) is 0. The first-order valence-electron chi connectivity index (χ1n) is 10.1. The molecule has 2 aliphatic heterocycles. The molecule has 0 radical (unpaired) electrons. The fraction of sp³-hybridized carbons (Fsp3) is 1.00. The van der Waals surface area contributed by atoms with Gasteiger partial charge in [0.1, 0.15) is 0 Å². The first kappa shape index (κ1) is 13.2. The van der Waals surface area contributed by atoms with Crippen molar-refractivity contribution >= 4 is 0 Å². The Kier molecular flexibility index (Phi) is 2.59.